The Morgan fingerprint density at radius 1 is 1.44 bits per heavy atom. The third-order valence-electron chi connectivity index (χ3n) is 2.49. The Bertz CT molecular complexity index is 445. The van der Waals surface area contributed by atoms with Gasteiger partial charge in [0.1, 0.15) is 5.69 Å². The number of carboxylic acids is 1. The van der Waals surface area contributed by atoms with Crippen molar-refractivity contribution in [3.63, 3.8) is 0 Å². The van der Waals surface area contributed by atoms with Gasteiger partial charge in [0.25, 0.3) is 5.91 Å². The summed E-state index contributed by atoms with van der Waals surface area (Å²) in [5.74, 6) is -1.81. The fourth-order valence-electron chi connectivity index (χ4n) is 1.28. The number of hydrogen-bond acceptors (Lipinski definition) is 4. The van der Waals surface area contributed by atoms with Gasteiger partial charge in [-0.15, -0.1) is 0 Å². The lowest BCUT2D eigenvalue weighted by Gasteiger charge is -2.15. The van der Waals surface area contributed by atoms with Crippen LogP contribution in [0.3, 0.4) is 0 Å². The highest BCUT2D eigenvalue weighted by Crippen LogP contribution is 2.06. The van der Waals surface area contributed by atoms with Gasteiger partial charge in [-0.3, -0.25) is 9.78 Å². The highest BCUT2D eigenvalue weighted by Gasteiger charge is 2.18. The molecule has 1 rings (SSSR count). The SMILES string of the molecule is CC(C)C(O)CNC(=O)c1ncccc1C(=O)O. The van der Waals surface area contributed by atoms with E-state index in [-0.39, 0.29) is 23.7 Å². The van der Waals surface area contributed by atoms with Gasteiger partial charge in [0.15, 0.2) is 0 Å². The average molecular weight is 252 g/mol. The number of nitrogens with one attached hydrogen (secondary N) is 1. The number of carbonyl (C=O) groups excluding carboxylic acids is 1. The molecule has 0 bridgehead atoms. The lowest BCUT2D eigenvalue weighted by Crippen LogP contribution is -2.35. The Balaban J connectivity index is 2.76. The number of carbonyl (C=O) groups is 2. The molecule has 98 valence electrons. The van der Waals surface area contributed by atoms with Gasteiger partial charge in [-0.05, 0) is 18.1 Å². The van der Waals surface area contributed by atoms with Crippen LogP contribution in [0.2, 0.25) is 0 Å². The number of hydrogen-bond donors (Lipinski definition) is 3. The third kappa shape index (κ3) is 3.53. The summed E-state index contributed by atoms with van der Waals surface area (Å²) in [6.07, 6.45) is 0.672. The van der Waals surface area contributed by atoms with Crippen LogP contribution in [0.4, 0.5) is 0 Å². The quantitative estimate of drug-likeness (QED) is 0.709. The van der Waals surface area contributed by atoms with Crippen LogP contribution in [0.5, 0.6) is 0 Å². The van der Waals surface area contributed by atoms with Crippen molar-refractivity contribution in [1.29, 1.82) is 0 Å². The molecular formula is C12H16N2O4. The molecule has 0 saturated carbocycles. The van der Waals surface area contributed by atoms with Crippen LogP contribution in [0, 0.1) is 5.92 Å². The predicted octanol–water partition coefficient (Wildman–Crippen LogP) is 0.526. The molecule has 6 heteroatoms. The largest absolute Gasteiger partial charge is 0.478 e. The van der Waals surface area contributed by atoms with Crippen molar-refractivity contribution in [3.05, 3.63) is 29.6 Å². The van der Waals surface area contributed by atoms with E-state index in [1.54, 1.807) is 0 Å². The van der Waals surface area contributed by atoms with Crippen molar-refractivity contribution in [2.75, 3.05) is 6.54 Å². The first kappa shape index (κ1) is 14.1. The second kappa shape index (κ2) is 6.11. The first-order valence-electron chi connectivity index (χ1n) is 5.58. The fraction of sp³-hybridized carbons (Fsp3) is 0.417. The molecule has 0 aliphatic carbocycles. The molecule has 1 heterocycles. The zero-order valence-corrected chi connectivity index (χ0v) is 10.3. The molecule has 1 amide bonds. The Morgan fingerprint density at radius 3 is 2.67 bits per heavy atom. The minimum atomic E-state index is -1.21. The molecule has 1 unspecified atom stereocenters. The first-order chi connectivity index (χ1) is 8.43. The molecule has 0 aliphatic rings. The number of aliphatic hydroxyl groups is 1. The van der Waals surface area contributed by atoms with Gasteiger partial charge >= 0.3 is 5.97 Å². The Kier molecular flexibility index (Phi) is 4.79. The van der Waals surface area contributed by atoms with Crippen LogP contribution in [0.25, 0.3) is 0 Å². The van der Waals surface area contributed by atoms with Crippen LogP contribution in [0.1, 0.15) is 34.7 Å². The third-order valence-corrected chi connectivity index (χ3v) is 2.49. The van der Waals surface area contributed by atoms with E-state index in [9.17, 15) is 14.7 Å². The van der Waals surface area contributed by atoms with Gasteiger partial charge < -0.3 is 15.5 Å². The van der Waals surface area contributed by atoms with E-state index in [2.05, 4.69) is 10.3 Å². The van der Waals surface area contributed by atoms with Gasteiger partial charge in [0, 0.05) is 12.7 Å². The molecule has 18 heavy (non-hydrogen) atoms. The molecular weight excluding hydrogens is 236 g/mol. The van der Waals surface area contributed by atoms with Crippen molar-refractivity contribution >= 4 is 11.9 Å². The number of rotatable bonds is 5. The molecule has 3 N–H and O–H groups in total. The van der Waals surface area contributed by atoms with Crippen LogP contribution in [-0.4, -0.2) is 39.7 Å². The molecule has 0 aliphatic heterocycles. The number of aromatic nitrogens is 1. The van der Waals surface area contributed by atoms with Gasteiger partial charge in [0.05, 0.1) is 11.7 Å². The van der Waals surface area contributed by atoms with Gasteiger partial charge in [0.2, 0.25) is 0 Å². The second-order valence-electron chi connectivity index (χ2n) is 4.23. The summed E-state index contributed by atoms with van der Waals surface area (Å²) in [6.45, 7) is 3.70. The lowest BCUT2D eigenvalue weighted by atomic mass is 10.1. The number of amides is 1. The molecule has 0 aromatic carbocycles. The first-order valence-corrected chi connectivity index (χ1v) is 5.58. The molecule has 6 nitrogen and oxygen atoms in total. The van der Waals surface area contributed by atoms with Crippen molar-refractivity contribution < 1.29 is 19.8 Å². The average Bonchev–Trinajstić information content (AvgIpc) is 2.35. The highest BCUT2D eigenvalue weighted by atomic mass is 16.4. The fourth-order valence-corrected chi connectivity index (χ4v) is 1.28. The minimum absolute atomic E-state index is 0.00739. The maximum atomic E-state index is 11.7. The van der Waals surface area contributed by atoms with Crippen molar-refractivity contribution in [2.45, 2.75) is 20.0 Å². The van der Waals surface area contributed by atoms with Crippen LogP contribution < -0.4 is 5.32 Å². The number of aliphatic hydroxyl groups excluding tert-OH is 1. The molecule has 1 aromatic rings. The predicted molar refractivity (Wildman–Crippen MR) is 64.4 cm³/mol. The Labute approximate surface area is 105 Å². The standard InChI is InChI=1S/C12H16N2O4/c1-7(2)9(15)6-14-11(16)10-8(12(17)18)4-3-5-13-10/h3-5,7,9,15H,6H2,1-2H3,(H,14,16)(H,17,18). The lowest BCUT2D eigenvalue weighted by molar-refractivity contribution is 0.0688. The van der Waals surface area contributed by atoms with E-state index in [4.69, 9.17) is 5.11 Å². The van der Waals surface area contributed by atoms with Gasteiger partial charge in [-0.2, -0.15) is 0 Å². The number of carboxylic acid groups (broad SMARTS) is 1. The van der Waals surface area contributed by atoms with E-state index in [0.29, 0.717) is 0 Å². The van der Waals surface area contributed by atoms with Crippen LogP contribution in [0.15, 0.2) is 18.3 Å². The summed E-state index contributed by atoms with van der Waals surface area (Å²) >= 11 is 0. The Morgan fingerprint density at radius 2 is 2.11 bits per heavy atom. The Hall–Kier alpha value is -1.95. The summed E-state index contributed by atoms with van der Waals surface area (Å²) in [6, 6.07) is 2.76. The summed E-state index contributed by atoms with van der Waals surface area (Å²) in [5.41, 5.74) is -0.310. The summed E-state index contributed by atoms with van der Waals surface area (Å²) in [7, 11) is 0. The summed E-state index contributed by atoms with van der Waals surface area (Å²) in [4.78, 5) is 26.4. The number of aromatic carboxylic acids is 1. The second-order valence-corrected chi connectivity index (χ2v) is 4.23. The maximum Gasteiger partial charge on any atom is 0.338 e. The van der Waals surface area contributed by atoms with Gasteiger partial charge in [-0.25, -0.2) is 4.79 Å². The van der Waals surface area contributed by atoms with E-state index >= 15 is 0 Å². The normalized spacial score (nSPS) is 12.2. The van der Waals surface area contributed by atoms with Crippen molar-refractivity contribution in [2.24, 2.45) is 5.92 Å². The molecule has 0 fully saturated rings. The maximum absolute atomic E-state index is 11.7. The molecule has 0 saturated heterocycles. The molecule has 0 spiro atoms. The van der Waals surface area contributed by atoms with Crippen molar-refractivity contribution in [3.8, 4) is 0 Å². The van der Waals surface area contributed by atoms with Crippen LogP contribution in [-0.2, 0) is 0 Å². The molecule has 0 radical (unpaired) electrons. The monoisotopic (exact) mass is 252 g/mol. The van der Waals surface area contributed by atoms with E-state index in [1.807, 2.05) is 13.8 Å². The zero-order valence-electron chi connectivity index (χ0n) is 10.3. The van der Waals surface area contributed by atoms with E-state index < -0.39 is 18.0 Å². The molecule has 1 aromatic heterocycles. The highest BCUT2D eigenvalue weighted by molar-refractivity contribution is 6.03. The summed E-state index contributed by atoms with van der Waals surface area (Å²) < 4.78 is 0. The smallest absolute Gasteiger partial charge is 0.338 e. The van der Waals surface area contributed by atoms with Crippen molar-refractivity contribution in [1.82, 2.24) is 10.3 Å². The van der Waals surface area contributed by atoms with Crippen LogP contribution >= 0.6 is 0 Å². The number of pyridine rings is 1. The number of nitrogens with zero attached hydrogens (tertiary/aromatic N) is 1. The summed E-state index contributed by atoms with van der Waals surface area (Å²) in [5, 5.41) is 20.9. The topological polar surface area (TPSA) is 99.5 Å². The van der Waals surface area contributed by atoms with Gasteiger partial charge in [-0.1, -0.05) is 13.8 Å². The minimum Gasteiger partial charge on any atom is -0.478 e. The van der Waals surface area contributed by atoms with E-state index in [0.717, 1.165) is 0 Å². The molecule has 1 atom stereocenters. The zero-order chi connectivity index (χ0) is 13.7. The van der Waals surface area contributed by atoms with E-state index in [1.165, 1.54) is 18.3 Å².